The van der Waals surface area contributed by atoms with Crippen molar-refractivity contribution >= 4 is 0 Å². The van der Waals surface area contributed by atoms with E-state index in [1.165, 1.54) is 12.8 Å². The summed E-state index contributed by atoms with van der Waals surface area (Å²) < 4.78 is 45.2. The van der Waals surface area contributed by atoms with Crippen LogP contribution in [0.15, 0.2) is 0 Å². The quantitative estimate of drug-likeness (QED) is 0.671. The molecule has 28 heavy (non-hydrogen) atoms. The van der Waals surface area contributed by atoms with Crippen molar-refractivity contribution in [1.82, 2.24) is 9.80 Å². The van der Waals surface area contributed by atoms with Crippen LogP contribution >= 0.6 is 0 Å². The maximum absolute atomic E-state index is 13.1. The topological polar surface area (TPSA) is 15.7 Å². The number of likely N-dealkylation sites (tertiary alicyclic amines) is 2. The Morgan fingerprint density at radius 3 is 2.25 bits per heavy atom. The summed E-state index contributed by atoms with van der Waals surface area (Å²) in [6.07, 6.45) is -0.643. The summed E-state index contributed by atoms with van der Waals surface area (Å²) in [5, 5.41) is 0. The van der Waals surface area contributed by atoms with Crippen LogP contribution in [0.25, 0.3) is 0 Å². The lowest BCUT2D eigenvalue weighted by atomic mass is 9.71. The molecule has 0 bridgehead atoms. The lowest BCUT2D eigenvalue weighted by Crippen LogP contribution is -2.66. The van der Waals surface area contributed by atoms with Gasteiger partial charge >= 0.3 is 6.18 Å². The number of hydrogen-bond acceptors (Lipinski definition) is 3. The molecule has 0 aromatic rings. The predicted octanol–water partition coefficient (Wildman–Crippen LogP) is 4.81. The van der Waals surface area contributed by atoms with Gasteiger partial charge in [0.15, 0.2) is 0 Å². The van der Waals surface area contributed by atoms with Crippen LogP contribution in [0.5, 0.6) is 0 Å². The monoisotopic (exact) mass is 404 g/mol. The fraction of sp³-hybridized carbons (Fsp3) is 1.00. The Morgan fingerprint density at radius 2 is 1.71 bits per heavy atom. The molecule has 0 amide bonds. The van der Waals surface area contributed by atoms with Gasteiger partial charge in [-0.2, -0.15) is 13.2 Å². The van der Waals surface area contributed by atoms with E-state index in [1.807, 2.05) is 6.92 Å². The first kappa shape index (κ1) is 22.4. The van der Waals surface area contributed by atoms with Crippen molar-refractivity contribution in [1.29, 1.82) is 0 Å². The molecule has 0 radical (unpaired) electrons. The first-order valence-corrected chi connectivity index (χ1v) is 11.1. The summed E-state index contributed by atoms with van der Waals surface area (Å²) in [6, 6.07) is 0.824. The van der Waals surface area contributed by atoms with Crippen molar-refractivity contribution in [3.63, 3.8) is 0 Å². The average Bonchev–Trinajstić information content (AvgIpc) is 2.50. The van der Waals surface area contributed by atoms with E-state index in [1.54, 1.807) is 4.90 Å². The van der Waals surface area contributed by atoms with Crippen LogP contribution in [-0.2, 0) is 4.74 Å². The Kier molecular flexibility index (Phi) is 6.44. The van der Waals surface area contributed by atoms with Gasteiger partial charge in [-0.25, -0.2) is 0 Å². The normalized spacial score (nSPS) is 41.7. The van der Waals surface area contributed by atoms with Crippen LogP contribution in [0.1, 0.15) is 60.8 Å². The standard InChI is InChI=1S/C22H39F3N2O/c1-14-10-17(11-26(15(14)2)13-22(23,24)25)20-19(12-28-20)27-9-7-8-18(16(27)3)21(4,5)6/h14-20H,7-13H2,1-6H3/t14-,15+,16?,17?,18?,19?,20?/m0/s1. The van der Waals surface area contributed by atoms with Crippen molar-refractivity contribution in [3.05, 3.63) is 0 Å². The zero-order chi connectivity index (χ0) is 20.9. The molecule has 3 heterocycles. The molecular weight excluding hydrogens is 365 g/mol. The molecule has 3 fully saturated rings. The second-order valence-electron chi connectivity index (χ2n) is 10.7. The van der Waals surface area contributed by atoms with Gasteiger partial charge < -0.3 is 4.74 Å². The largest absolute Gasteiger partial charge is 0.401 e. The molecule has 5 unspecified atom stereocenters. The van der Waals surface area contributed by atoms with Gasteiger partial charge in [0, 0.05) is 18.6 Å². The molecule has 0 spiro atoms. The third-order valence-electron chi connectivity index (χ3n) is 7.80. The van der Waals surface area contributed by atoms with Gasteiger partial charge in [-0.1, -0.05) is 27.7 Å². The van der Waals surface area contributed by atoms with Crippen LogP contribution in [0.2, 0.25) is 0 Å². The molecular formula is C22H39F3N2O. The number of hydrogen-bond donors (Lipinski definition) is 0. The number of halogens is 3. The smallest absolute Gasteiger partial charge is 0.374 e. The third-order valence-corrected chi connectivity index (χ3v) is 7.80. The first-order valence-electron chi connectivity index (χ1n) is 11.1. The summed E-state index contributed by atoms with van der Waals surface area (Å²) >= 11 is 0. The number of rotatable bonds is 3. The highest BCUT2D eigenvalue weighted by Gasteiger charge is 2.49. The number of alkyl halides is 3. The molecule has 3 aliphatic rings. The maximum atomic E-state index is 13.1. The molecule has 0 aromatic carbocycles. The number of nitrogens with zero attached hydrogens (tertiary/aromatic N) is 2. The maximum Gasteiger partial charge on any atom is 0.401 e. The highest BCUT2D eigenvalue weighted by atomic mass is 19.4. The second kappa shape index (κ2) is 8.07. The van der Waals surface area contributed by atoms with Crippen LogP contribution in [0.4, 0.5) is 13.2 Å². The predicted molar refractivity (Wildman–Crippen MR) is 106 cm³/mol. The van der Waals surface area contributed by atoms with Crippen LogP contribution < -0.4 is 0 Å². The molecule has 164 valence electrons. The second-order valence-corrected chi connectivity index (χ2v) is 10.7. The molecule has 7 atom stereocenters. The summed E-state index contributed by atoms with van der Waals surface area (Å²) in [5.41, 5.74) is 0.274. The Bertz CT molecular complexity index is 531. The highest BCUT2D eigenvalue weighted by molar-refractivity contribution is 5.00. The Hall–Kier alpha value is -0.330. The minimum absolute atomic E-state index is 0.0319. The molecule has 0 saturated carbocycles. The molecule has 3 saturated heterocycles. The first-order chi connectivity index (χ1) is 12.9. The molecule has 3 rings (SSSR count). The van der Waals surface area contributed by atoms with Gasteiger partial charge in [0.1, 0.15) is 0 Å². The van der Waals surface area contributed by atoms with Crippen LogP contribution in [0, 0.1) is 23.2 Å². The van der Waals surface area contributed by atoms with E-state index in [4.69, 9.17) is 4.74 Å². The Morgan fingerprint density at radius 1 is 1.04 bits per heavy atom. The van der Waals surface area contributed by atoms with Gasteiger partial charge in [0.2, 0.25) is 0 Å². The fourth-order valence-electron chi connectivity index (χ4n) is 6.08. The fourth-order valence-corrected chi connectivity index (χ4v) is 6.08. The van der Waals surface area contributed by atoms with E-state index in [0.717, 1.165) is 19.6 Å². The van der Waals surface area contributed by atoms with E-state index in [2.05, 4.69) is 39.5 Å². The van der Waals surface area contributed by atoms with Crippen LogP contribution in [-0.4, -0.2) is 66.4 Å². The van der Waals surface area contributed by atoms with E-state index in [0.29, 0.717) is 24.5 Å². The van der Waals surface area contributed by atoms with Crippen molar-refractivity contribution in [2.24, 2.45) is 23.2 Å². The van der Waals surface area contributed by atoms with Gasteiger partial charge in [-0.05, 0) is 62.8 Å². The Balaban J connectivity index is 1.68. The molecule has 3 aliphatic heterocycles. The van der Waals surface area contributed by atoms with Gasteiger partial charge in [-0.3, -0.25) is 9.80 Å². The summed E-state index contributed by atoms with van der Waals surface area (Å²) in [5.74, 6) is 1.09. The zero-order valence-electron chi connectivity index (χ0n) is 18.4. The van der Waals surface area contributed by atoms with Crippen LogP contribution in [0.3, 0.4) is 0 Å². The van der Waals surface area contributed by atoms with Gasteiger partial charge in [0.25, 0.3) is 0 Å². The van der Waals surface area contributed by atoms with E-state index in [-0.39, 0.29) is 29.4 Å². The van der Waals surface area contributed by atoms with E-state index in [9.17, 15) is 13.2 Å². The van der Waals surface area contributed by atoms with Gasteiger partial charge in [-0.15, -0.1) is 0 Å². The lowest BCUT2D eigenvalue weighted by molar-refractivity contribution is -0.200. The number of ether oxygens (including phenoxy) is 1. The highest BCUT2D eigenvalue weighted by Crippen LogP contribution is 2.42. The Labute approximate surface area is 169 Å². The molecule has 0 aromatic heterocycles. The molecule has 0 aliphatic carbocycles. The molecule has 3 nitrogen and oxygen atoms in total. The summed E-state index contributed by atoms with van der Waals surface area (Å²) in [7, 11) is 0. The van der Waals surface area contributed by atoms with Crippen molar-refractivity contribution in [2.45, 2.75) is 91.2 Å². The zero-order valence-corrected chi connectivity index (χ0v) is 18.4. The SMILES string of the molecule is CC1C(C(C)(C)C)CCCN1C1COC1C1C[C@H](C)[C@@H](C)N(CC(F)(F)F)C1. The third kappa shape index (κ3) is 4.70. The molecule has 0 N–H and O–H groups in total. The summed E-state index contributed by atoms with van der Waals surface area (Å²) in [4.78, 5) is 4.25. The van der Waals surface area contributed by atoms with Gasteiger partial charge in [0.05, 0.1) is 25.3 Å². The van der Waals surface area contributed by atoms with Crippen molar-refractivity contribution < 1.29 is 17.9 Å². The van der Waals surface area contributed by atoms with E-state index >= 15 is 0 Å². The van der Waals surface area contributed by atoms with Crippen molar-refractivity contribution in [2.75, 3.05) is 26.2 Å². The lowest BCUT2D eigenvalue weighted by Gasteiger charge is -2.56. The minimum Gasteiger partial charge on any atom is -0.374 e. The summed E-state index contributed by atoms with van der Waals surface area (Å²) in [6.45, 7) is 14.8. The van der Waals surface area contributed by atoms with Crippen molar-refractivity contribution in [3.8, 4) is 0 Å². The minimum atomic E-state index is -4.14. The van der Waals surface area contributed by atoms with E-state index < -0.39 is 12.7 Å². The number of piperidine rings is 2. The average molecular weight is 405 g/mol. The molecule has 6 heteroatoms.